The van der Waals surface area contributed by atoms with E-state index in [1.165, 1.54) is 12.8 Å². The van der Waals surface area contributed by atoms with Crippen molar-refractivity contribution in [3.05, 3.63) is 29.3 Å². The molecule has 2 nitrogen and oxygen atoms in total. The molecular weight excluding hydrogens is 200 g/mol. The van der Waals surface area contributed by atoms with Crippen LogP contribution in [0.1, 0.15) is 49.8 Å². The van der Waals surface area contributed by atoms with Crippen molar-refractivity contribution < 1.29 is 9.84 Å². The SMILES string of the molecule is CCCCCC(O)c1ccc(OC)c(C)c1. The fraction of sp³-hybridized carbons (Fsp3) is 0.571. The van der Waals surface area contributed by atoms with Crippen LogP contribution in [-0.2, 0) is 0 Å². The first-order chi connectivity index (χ1) is 7.69. The van der Waals surface area contributed by atoms with Gasteiger partial charge in [-0.2, -0.15) is 0 Å². The summed E-state index contributed by atoms with van der Waals surface area (Å²) >= 11 is 0. The second-order valence-electron chi connectivity index (χ2n) is 4.24. The van der Waals surface area contributed by atoms with Crippen LogP contribution >= 0.6 is 0 Å². The van der Waals surface area contributed by atoms with Crippen LogP contribution in [0.25, 0.3) is 0 Å². The van der Waals surface area contributed by atoms with E-state index >= 15 is 0 Å². The van der Waals surface area contributed by atoms with Gasteiger partial charge in [0.05, 0.1) is 13.2 Å². The zero-order valence-corrected chi connectivity index (χ0v) is 10.5. The average molecular weight is 222 g/mol. The molecule has 1 rings (SSSR count). The summed E-state index contributed by atoms with van der Waals surface area (Å²) in [4.78, 5) is 0. The number of benzene rings is 1. The van der Waals surface area contributed by atoms with Crippen molar-refractivity contribution in [3.8, 4) is 5.75 Å². The third kappa shape index (κ3) is 3.53. The molecule has 0 heterocycles. The van der Waals surface area contributed by atoms with Crippen LogP contribution in [0, 0.1) is 6.92 Å². The largest absolute Gasteiger partial charge is 0.496 e. The zero-order chi connectivity index (χ0) is 12.0. The number of hydrogen-bond donors (Lipinski definition) is 1. The van der Waals surface area contributed by atoms with Gasteiger partial charge in [-0.15, -0.1) is 0 Å². The minimum Gasteiger partial charge on any atom is -0.496 e. The van der Waals surface area contributed by atoms with Gasteiger partial charge in [0.15, 0.2) is 0 Å². The van der Waals surface area contributed by atoms with Crippen LogP contribution in [0.3, 0.4) is 0 Å². The van der Waals surface area contributed by atoms with Crippen LogP contribution in [0.15, 0.2) is 18.2 Å². The minimum atomic E-state index is -0.337. The van der Waals surface area contributed by atoms with Crippen molar-refractivity contribution >= 4 is 0 Å². The molecule has 0 aliphatic heterocycles. The van der Waals surface area contributed by atoms with E-state index in [-0.39, 0.29) is 6.10 Å². The van der Waals surface area contributed by atoms with Gasteiger partial charge in [0.1, 0.15) is 5.75 Å². The highest BCUT2D eigenvalue weighted by atomic mass is 16.5. The van der Waals surface area contributed by atoms with E-state index < -0.39 is 0 Å². The molecule has 1 aromatic rings. The van der Waals surface area contributed by atoms with Crippen molar-refractivity contribution in [1.29, 1.82) is 0 Å². The molecule has 2 heteroatoms. The van der Waals surface area contributed by atoms with Gasteiger partial charge < -0.3 is 9.84 Å². The Bertz CT molecular complexity index is 321. The van der Waals surface area contributed by atoms with Crippen molar-refractivity contribution in [2.45, 2.75) is 45.6 Å². The molecule has 0 saturated heterocycles. The Hall–Kier alpha value is -1.02. The van der Waals surface area contributed by atoms with E-state index in [4.69, 9.17) is 4.74 Å². The molecule has 0 amide bonds. The minimum absolute atomic E-state index is 0.337. The van der Waals surface area contributed by atoms with E-state index in [0.29, 0.717) is 0 Å². The maximum absolute atomic E-state index is 9.99. The lowest BCUT2D eigenvalue weighted by molar-refractivity contribution is 0.163. The number of unbranched alkanes of at least 4 members (excludes halogenated alkanes) is 2. The Labute approximate surface area is 98.3 Å². The number of hydrogen-bond acceptors (Lipinski definition) is 2. The third-order valence-corrected chi connectivity index (χ3v) is 2.88. The Morgan fingerprint density at radius 2 is 2.06 bits per heavy atom. The zero-order valence-electron chi connectivity index (χ0n) is 10.5. The fourth-order valence-corrected chi connectivity index (χ4v) is 1.86. The lowest BCUT2D eigenvalue weighted by Crippen LogP contribution is -1.98. The summed E-state index contributed by atoms with van der Waals surface area (Å²) in [5.41, 5.74) is 2.07. The lowest BCUT2D eigenvalue weighted by atomic mass is 10.0. The summed E-state index contributed by atoms with van der Waals surface area (Å²) in [6, 6.07) is 5.88. The lowest BCUT2D eigenvalue weighted by Gasteiger charge is -2.13. The first-order valence-corrected chi connectivity index (χ1v) is 6.01. The summed E-state index contributed by atoms with van der Waals surface area (Å²) < 4.78 is 5.20. The summed E-state index contributed by atoms with van der Waals surface area (Å²) in [6.07, 6.45) is 3.97. The molecule has 1 aromatic carbocycles. The third-order valence-electron chi connectivity index (χ3n) is 2.88. The van der Waals surface area contributed by atoms with E-state index in [1.807, 2.05) is 25.1 Å². The molecule has 1 N–H and O–H groups in total. The number of rotatable bonds is 6. The van der Waals surface area contributed by atoms with Crippen LogP contribution in [-0.4, -0.2) is 12.2 Å². The van der Waals surface area contributed by atoms with Gasteiger partial charge in [-0.1, -0.05) is 32.3 Å². The monoisotopic (exact) mass is 222 g/mol. The summed E-state index contributed by atoms with van der Waals surface area (Å²) in [7, 11) is 1.67. The summed E-state index contributed by atoms with van der Waals surface area (Å²) in [6.45, 7) is 4.17. The van der Waals surface area contributed by atoms with E-state index in [2.05, 4.69) is 6.92 Å². The van der Waals surface area contributed by atoms with Gasteiger partial charge in [0.2, 0.25) is 0 Å². The second kappa shape index (κ2) is 6.54. The fourth-order valence-electron chi connectivity index (χ4n) is 1.86. The molecule has 1 unspecified atom stereocenters. The topological polar surface area (TPSA) is 29.5 Å². The highest BCUT2D eigenvalue weighted by molar-refractivity contribution is 5.36. The number of ether oxygens (including phenoxy) is 1. The van der Waals surface area contributed by atoms with E-state index in [1.54, 1.807) is 7.11 Å². The highest BCUT2D eigenvalue weighted by Gasteiger charge is 2.08. The maximum atomic E-state index is 9.99. The van der Waals surface area contributed by atoms with Crippen molar-refractivity contribution in [2.24, 2.45) is 0 Å². The molecular formula is C14H22O2. The predicted octanol–water partition coefficient (Wildman–Crippen LogP) is 3.62. The van der Waals surface area contributed by atoms with Gasteiger partial charge >= 0.3 is 0 Å². The standard InChI is InChI=1S/C14H22O2/c1-4-5-6-7-13(15)12-8-9-14(16-3)11(2)10-12/h8-10,13,15H,4-7H2,1-3H3. The summed E-state index contributed by atoms with van der Waals surface area (Å²) in [5.74, 6) is 0.879. The quantitative estimate of drug-likeness (QED) is 0.745. The number of methoxy groups -OCH3 is 1. The maximum Gasteiger partial charge on any atom is 0.121 e. The molecule has 0 saturated carbocycles. The predicted molar refractivity (Wildman–Crippen MR) is 66.8 cm³/mol. The van der Waals surface area contributed by atoms with Gasteiger partial charge in [-0.3, -0.25) is 0 Å². The van der Waals surface area contributed by atoms with Gasteiger partial charge in [-0.25, -0.2) is 0 Å². The molecule has 0 aliphatic carbocycles. The van der Waals surface area contributed by atoms with Gasteiger partial charge in [0, 0.05) is 0 Å². The average Bonchev–Trinajstić information content (AvgIpc) is 2.29. The Morgan fingerprint density at radius 3 is 2.62 bits per heavy atom. The molecule has 1 atom stereocenters. The smallest absolute Gasteiger partial charge is 0.121 e. The number of aliphatic hydroxyl groups is 1. The Morgan fingerprint density at radius 1 is 1.31 bits per heavy atom. The van der Waals surface area contributed by atoms with Crippen molar-refractivity contribution in [1.82, 2.24) is 0 Å². The molecule has 0 aromatic heterocycles. The van der Waals surface area contributed by atoms with Gasteiger partial charge in [-0.05, 0) is 36.6 Å². The van der Waals surface area contributed by atoms with Gasteiger partial charge in [0.25, 0.3) is 0 Å². The van der Waals surface area contributed by atoms with E-state index in [0.717, 1.165) is 29.7 Å². The number of aliphatic hydroxyl groups excluding tert-OH is 1. The molecule has 16 heavy (non-hydrogen) atoms. The van der Waals surface area contributed by atoms with Crippen molar-refractivity contribution in [2.75, 3.05) is 7.11 Å². The van der Waals surface area contributed by atoms with Crippen LogP contribution < -0.4 is 4.74 Å². The Kier molecular flexibility index (Phi) is 5.33. The molecule has 0 fully saturated rings. The summed E-state index contributed by atoms with van der Waals surface area (Å²) in [5, 5.41) is 9.99. The second-order valence-corrected chi connectivity index (χ2v) is 4.24. The first-order valence-electron chi connectivity index (χ1n) is 6.01. The van der Waals surface area contributed by atoms with Crippen LogP contribution in [0.5, 0.6) is 5.75 Å². The van der Waals surface area contributed by atoms with E-state index in [9.17, 15) is 5.11 Å². The Balaban J connectivity index is 2.62. The van der Waals surface area contributed by atoms with Crippen LogP contribution in [0.2, 0.25) is 0 Å². The molecule has 0 bridgehead atoms. The van der Waals surface area contributed by atoms with Crippen LogP contribution in [0.4, 0.5) is 0 Å². The first kappa shape index (κ1) is 13.0. The molecule has 0 aliphatic rings. The normalized spacial score (nSPS) is 12.5. The number of aryl methyl sites for hydroxylation is 1. The van der Waals surface area contributed by atoms with Crippen molar-refractivity contribution in [3.63, 3.8) is 0 Å². The molecule has 90 valence electrons. The molecule has 0 spiro atoms. The molecule has 0 radical (unpaired) electrons. The highest BCUT2D eigenvalue weighted by Crippen LogP contribution is 2.25.